The number of amides is 1. The number of nitrogen functional groups attached to an aromatic ring is 1. The molecule has 0 saturated carbocycles. The van der Waals surface area contributed by atoms with Gasteiger partial charge in [-0.25, -0.2) is 8.91 Å². The molecule has 0 aromatic carbocycles. The van der Waals surface area contributed by atoms with Gasteiger partial charge in [0.15, 0.2) is 11.6 Å². The molecule has 4 N–H and O–H groups in total. The Bertz CT molecular complexity index is 1200. The van der Waals surface area contributed by atoms with Crippen molar-refractivity contribution in [1.82, 2.24) is 24.4 Å². The van der Waals surface area contributed by atoms with Crippen molar-refractivity contribution in [3.05, 3.63) is 48.2 Å². The maximum Gasteiger partial charge on any atom is 0.261 e. The third-order valence-electron chi connectivity index (χ3n) is 7.10. The van der Waals surface area contributed by atoms with Crippen LogP contribution in [-0.2, 0) is 0 Å². The molecule has 0 bridgehead atoms. The molecule has 1 atom stereocenters. The summed E-state index contributed by atoms with van der Waals surface area (Å²) in [5.74, 6) is -0.763. The molecule has 5 heterocycles. The van der Waals surface area contributed by atoms with Crippen molar-refractivity contribution in [3.63, 3.8) is 0 Å². The van der Waals surface area contributed by atoms with E-state index in [1.165, 1.54) is 10.7 Å². The Hall–Kier alpha value is -3.28. The number of aliphatic hydroxyl groups is 1. The number of piperidine rings is 1. The van der Waals surface area contributed by atoms with Crippen LogP contribution in [0.4, 0.5) is 21.6 Å². The molecule has 3 aromatic heterocycles. The summed E-state index contributed by atoms with van der Waals surface area (Å²) in [6, 6.07) is 5.34. The zero-order chi connectivity index (χ0) is 24.5. The highest BCUT2D eigenvalue weighted by molar-refractivity contribution is 6.13. The summed E-state index contributed by atoms with van der Waals surface area (Å²) in [6.07, 6.45) is 5.26. The third kappa shape index (κ3) is 4.66. The number of piperazine rings is 1. The van der Waals surface area contributed by atoms with E-state index in [1.807, 2.05) is 4.90 Å². The minimum Gasteiger partial charge on any atom is -0.382 e. The molecule has 0 radical (unpaired) electrons. The summed E-state index contributed by atoms with van der Waals surface area (Å²) in [6.45, 7) is 4.71. The lowest BCUT2D eigenvalue weighted by atomic mass is 9.93. The summed E-state index contributed by atoms with van der Waals surface area (Å²) in [5, 5.41) is 17.9. The van der Waals surface area contributed by atoms with Crippen LogP contribution in [0.25, 0.3) is 5.52 Å². The maximum atomic E-state index is 15.0. The van der Waals surface area contributed by atoms with Gasteiger partial charge in [0.25, 0.3) is 5.91 Å². The van der Waals surface area contributed by atoms with Gasteiger partial charge in [-0.2, -0.15) is 0 Å². The number of aliphatic hydroxyl groups excluding tert-OH is 1. The summed E-state index contributed by atoms with van der Waals surface area (Å²) >= 11 is 0. The number of halogens is 1. The molecule has 2 aliphatic heterocycles. The Morgan fingerprint density at radius 1 is 1.17 bits per heavy atom. The molecule has 10 nitrogen and oxygen atoms in total. The van der Waals surface area contributed by atoms with Crippen LogP contribution in [0.5, 0.6) is 0 Å². The molecule has 11 heteroatoms. The zero-order valence-corrected chi connectivity index (χ0v) is 19.8. The Balaban J connectivity index is 1.30. The van der Waals surface area contributed by atoms with Gasteiger partial charge in [0.05, 0.1) is 23.6 Å². The fraction of sp³-hybridized carbons (Fsp3) is 0.458. The molecular weight excluding hydrogens is 451 g/mol. The molecular formula is C24H31FN8O2. The smallest absolute Gasteiger partial charge is 0.261 e. The lowest BCUT2D eigenvalue weighted by molar-refractivity contribution is -0.0640. The summed E-state index contributed by atoms with van der Waals surface area (Å²) in [5.41, 5.74) is 7.38. The first-order chi connectivity index (χ1) is 16.9. The van der Waals surface area contributed by atoms with E-state index >= 15 is 0 Å². The lowest BCUT2D eigenvalue weighted by Crippen LogP contribution is -2.53. The highest BCUT2D eigenvalue weighted by atomic mass is 19.1. The number of rotatable bonds is 5. The molecule has 3 aromatic rings. The van der Waals surface area contributed by atoms with Crippen LogP contribution in [-0.4, -0.2) is 88.0 Å². The van der Waals surface area contributed by atoms with Crippen LogP contribution in [0.1, 0.15) is 23.2 Å². The molecule has 1 amide bonds. The van der Waals surface area contributed by atoms with Crippen LogP contribution in [0, 0.1) is 11.7 Å². The van der Waals surface area contributed by atoms with Gasteiger partial charge in [-0.05, 0) is 32.0 Å². The minimum atomic E-state index is -0.506. The number of fused-ring (bicyclic) bond motifs is 1. The van der Waals surface area contributed by atoms with E-state index in [0.29, 0.717) is 24.3 Å². The van der Waals surface area contributed by atoms with E-state index in [9.17, 15) is 14.3 Å². The first kappa shape index (κ1) is 23.5. The van der Waals surface area contributed by atoms with Gasteiger partial charge in [-0.1, -0.05) is 6.07 Å². The van der Waals surface area contributed by atoms with Gasteiger partial charge in [-0.3, -0.25) is 14.7 Å². The van der Waals surface area contributed by atoms with Crippen molar-refractivity contribution in [2.45, 2.75) is 19.1 Å². The van der Waals surface area contributed by atoms with Crippen molar-refractivity contribution in [3.8, 4) is 0 Å². The molecule has 186 valence electrons. The van der Waals surface area contributed by atoms with Crippen molar-refractivity contribution in [2.75, 3.05) is 62.3 Å². The van der Waals surface area contributed by atoms with Crippen molar-refractivity contribution in [2.24, 2.45) is 5.92 Å². The first-order valence-corrected chi connectivity index (χ1v) is 12.0. The molecule has 1 unspecified atom stereocenters. The van der Waals surface area contributed by atoms with Gasteiger partial charge in [0.2, 0.25) is 0 Å². The highest BCUT2D eigenvalue weighted by Gasteiger charge is 2.32. The fourth-order valence-corrected chi connectivity index (χ4v) is 5.08. The summed E-state index contributed by atoms with van der Waals surface area (Å²) in [4.78, 5) is 23.4. The van der Waals surface area contributed by atoms with Gasteiger partial charge in [-0.15, -0.1) is 5.10 Å². The quantitative estimate of drug-likeness (QED) is 0.501. The molecule has 2 fully saturated rings. The highest BCUT2D eigenvalue weighted by Crippen LogP contribution is 2.34. The number of hydrogen-bond donors (Lipinski definition) is 3. The number of aromatic nitrogens is 3. The number of pyridine rings is 2. The van der Waals surface area contributed by atoms with Crippen LogP contribution < -0.4 is 16.0 Å². The predicted molar refractivity (Wildman–Crippen MR) is 132 cm³/mol. The normalized spacial score (nSPS) is 19.2. The molecule has 5 rings (SSSR count). The Labute approximate surface area is 203 Å². The van der Waals surface area contributed by atoms with Gasteiger partial charge in [0, 0.05) is 51.4 Å². The largest absolute Gasteiger partial charge is 0.382 e. The van der Waals surface area contributed by atoms with Gasteiger partial charge in [0.1, 0.15) is 17.5 Å². The summed E-state index contributed by atoms with van der Waals surface area (Å²) in [7, 11) is 2.09. The second-order valence-corrected chi connectivity index (χ2v) is 9.34. The number of carbonyl (C=O) groups is 1. The second-order valence-electron chi connectivity index (χ2n) is 9.34. The van der Waals surface area contributed by atoms with Crippen molar-refractivity contribution in [1.29, 1.82) is 0 Å². The fourth-order valence-electron chi connectivity index (χ4n) is 5.08. The van der Waals surface area contributed by atoms with Crippen LogP contribution in [0.2, 0.25) is 0 Å². The number of nitrogens with one attached hydrogen (secondary N) is 1. The summed E-state index contributed by atoms with van der Waals surface area (Å²) < 4.78 is 16.5. The van der Waals surface area contributed by atoms with Crippen molar-refractivity contribution < 1.29 is 14.3 Å². The van der Waals surface area contributed by atoms with E-state index in [4.69, 9.17) is 5.73 Å². The Morgan fingerprint density at radius 2 is 1.91 bits per heavy atom. The predicted octanol–water partition coefficient (Wildman–Crippen LogP) is 1.49. The minimum absolute atomic E-state index is 0.0957. The number of hydrogen-bond acceptors (Lipinski definition) is 8. The number of nitrogens with two attached hydrogens (primary N) is 1. The topological polar surface area (TPSA) is 115 Å². The van der Waals surface area contributed by atoms with Crippen molar-refractivity contribution >= 4 is 28.6 Å². The van der Waals surface area contributed by atoms with Gasteiger partial charge < -0.3 is 26.0 Å². The number of carbonyl (C=O) groups excluding carboxylic acids is 1. The second kappa shape index (κ2) is 9.76. The molecule has 0 spiro atoms. The number of likely N-dealkylation sites (N-methyl/N-ethyl adjacent to an activating group) is 1. The third-order valence-corrected chi connectivity index (χ3v) is 7.10. The molecule has 0 aliphatic carbocycles. The average molecular weight is 483 g/mol. The van der Waals surface area contributed by atoms with Crippen LogP contribution in [0.3, 0.4) is 0 Å². The molecule has 35 heavy (non-hydrogen) atoms. The average Bonchev–Trinajstić information content (AvgIpc) is 3.20. The Kier molecular flexibility index (Phi) is 6.54. The molecule has 2 saturated heterocycles. The molecule has 2 aliphatic rings. The van der Waals surface area contributed by atoms with Crippen LogP contribution >= 0.6 is 0 Å². The first-order valence-electron chi connectivity index (χ1n) is 12.0. The number of nitrogens with zero attached hydrogens (tertiary/aromatic N) is 6. The van der Waals surface area contributed by atoms with Gasteiger partial charge >= 0.3 is 0 Å². The van der Waals surface area contributed by atoms with E-state index in [0.717, 1.165) is 45.2 Å². The van der Waals surface area contributed by atoms with Crippen LogP contribution in [0.15, 0.2) is 36.8 Å². The Morgan fingerprint density at radius 3 is 2.66 bits per heavy atom. The number of anilines is 3. The zero-order valence-electron chi connectivity index (χ0n) is 19.8. The standard InChI is InChI=1S/C24H31FN8O2/c1-30-10-12-32(13-11-30)24(35)16-5-8-31(9-6-16)21-17(25)14-27-15-18(21)28-23(34)20-19-4-2-3-7-33(19)29-22(20)26/h2-4,7,14-16,24,35H,5-6,8-13H2,1H3,(H2,26,29)(H,28,34). The SMILES string of the molecule is CN1CCN(C(O)C2CCN(c3c(F)cncc3NC(=O)c3c(N)nn4ccccc34)CC2)CC1. The lowest BCUT2D eigenvalue weighted by Gasteiger charge is -2.42. The maximum absolute atomic E-state index is 15.0. The van der Waals surface area contributed by atoms with E-state index in [2.05, 4.69) is 32.2 Å². The monoisotopic (exact) mass is 482 g/mol. The van der Waals surface area contributed by atoms with E-state index in [1.54, 1.807) is 24.4 Å². The van der Waals surface area contributed by atoms with E-state index < -0.39 is 18.0 Å². The van der Waals surface area contributed by atoms with E-state index in [-0.39, 0.29) is 23.0 Å².